The number of rotatable bonds is 7. The van der Waals surface area contributed by atoms with Crippen molar-refractivity contribution in [2.75, 3.05) is 11.9 Å². The van der Waals surface area contributed by atoms with E-state index < -0.39 is 5.97 Å². The molecule has 0 saturated heterocycles. The molecule has 0 atom stereocenters. The van der Waals surface area contributed by atoms with Gasteiger partial charge in [0.05, 0.1) is 12.9 Å². The van der Waals surface area contributed by atoms with E-state index in [-0.39, 0.29) is 18.1 Å². The van der Waals surface area contributed by atoms with Crippen molar-refractivity contribution in [2.45, 2.75) is 6.92 Å². The maximum absolute atomic E-state index is 12.9. The number of aromatic nitrogens is 1. The fourth-order valence-electron chi connectivity index (χ4n) is 2.87. The highest BCUT2D eigenvalue weighted by Crippen LogP contribution is 2.36. The SMILES string of the molecule is CCOC(=O)c1c(-c2ccco2)csc1NC(=O)c1cccc(Oc2ccccn2)c1. The Kier molecular flexibility index (Phi) is 6.09. The minimum atomic E-state index is -0.530. The molecule has 4 rings (SSSR count). The van der Waals surface area contributed by atoms with Crippen LogP contribution < -0.4 is 10.1 Å². The second-order valence-corrected chi connectivity index (χ2v) is 7.18. The van der Waals surface area contributed by atoms with Crippen LogP contribution in [0.2, 0.25) is 0 Å². The zero-order valence-electron chi connectivity index (χ0n) is 16.5. The van der Waals surface area contributed by atoms with E-state index in [9.17, 15) is 9.59 Å². The van der Waals surface area contributed by atoms with Crippen molar-refractivity contribution < 1.29 is 23.5 Å². The quantitative estimate of drug-likeness (QED) is 0.379. The molecule has 1 aromatic carbocycles. The highest BCUT2D eigenvalue weighted by molar-refractivity contribution is 7.15. The van der Waals surface area contributed by atoms with Crippen molar-refractivity contribution in [2.24, 2.45) is 0 Å². The van der Waals surface area contributed by atoms with Crippen LogP contribution in [0.3, 0.4) is 0 Å². The Bertz CT molecular complexity index is 1190. The molecule has 0 bridgehead atoms. The summed E-state index contributed by atoms with van der Waals surface area (Å²) >= 11 is 1.22. The Balaban J connectivity index is 1.59. The first-order valence-corrected chi connectivity index (χ1v) is 10.4. The Morgan fingerprint density at radius 1 is 1.13 bits per heavy atom. The highest BCUT2D eigenvalue weighted by Gasteiger charge is 2.24. The van der Waals surface area contributed by atoms with E-state index in [0.717, 1.165) is 0 Å². The molecule has 1 amide bonds. The molecule has 156 valence electrons. The summed E-state index contributed by atoms with van der Waals surface area (Å²) in [5.74, 6) is 0.499. The van der Waals surface area contributed by atoms with Crippen molar-refractivity contribution in [1.82, 2.24) is 4.98 Å². The smallest absolute Gasteiger partial charge is 0.341 e. The number of nitrogens with zero attached hydrogens (tertiary/aromatic N) is 1. The predicted octanol–water partition coefficient (Wildman–Crippen LogP) is 5.62. The molecule has 0 radical (unpaired) electrons. The monoisotopic (exact) mass is 434 g/mol. The average molecular weight is 434 g/mol. The third kappa shape index (κ3) is 4.65. The summed E-state index contributed by atoms with van der Waals surface area (Å²) in [6.45, 7) is 1.94. The van der Waals surface area contributed by atoms with Crippen molar-refractivity contribution in [3.05, 3.63) is 83.6 Å². The fourth-order valence-corrected chi connectivity index (χ4v) is 3.81. The Labute approximate surface area is 182 Å². The molecule has 31 heavy (non-hydrogen) atoms. The van der Waals surface area contributed by atoms with Crippen LogP contribution in [0.5, 0.6) is 11.6 Å². The molecule has 7 nitrogen and oxygen atoms in total. The molecule has 4 aromatic rings. The van der Waals surface area contributed by atoms with Gasteiger partial charge in [0, 0.05) is 28.8 Å². The number of esters is 1. The summed E-state index contributed by atoms with van der Waals surface area (Å²) in [4.78, 5) is 29.6. The van der Waals surface area contributed by atoms with Crippen LogP contribution in [0.1, 0.15) is 27.6 Å². The van der Waals surface area contributed by atoms with Crippen LogP contribution in [-0.2, 0) is 4.74 Å². The third-order valence-electron chi connectivity index (χ3n) is 4.24. The molecule has 0 saturated carbocycles. The Morgan fingerprint density at radius 2 is 2.03 bits per heavy atom. The van der Waals surface area contributed by atoms with Crippen LogP contribution in [0, 0.1) is 0 Å². The van der Waals surface area contributed by atoms with Gasteiger partial charge in [-0.05, 0) is 43.3 Å². The van der Waals surface area contributed by atoms with E-state index in [4.69, 9.17) is 13.9 Å². The molecule has 8 heteroatoms. The number of hydrogen-bond acceptors (Lipinski definition) is 7. The Morgan fingerprint density at radius 3 is 2.77 bits per heavy atom. The predicted molar refractivity (Wildman–Crippen MR) is 117 cm³/mol. The first-order valence-electron chi connectivity index (χ1n) is 9.48. The van der Waals surface area contributed by atoms with Crippen LogP contribution >= 0.6 is 11.3 Å². The molecule has 0 aliphatic rings. The minimum Gasteiger partial charge on any atom is -0.464 e. The van der Waals surface area contributed by atoms with Crippen LogP contribution in [0.25, 0.3) is 11.3 Å². The lowest BCUT2D eigenvalue weighted by atomic mass is 10.1. The molecule has 1 N–H and O–H groups in total. The second kappa shape index (κ2) is 9.27. The highest BCUT2D eigenvalue weighted by atomic mass is 32.1. The molecule has 0 aliphatic carbocycles. The summed E-state index contributed by atoms with van der Waals surface area (Å²) in [5, 5.41) is 4.94. The zero-order chi connectivity index (χ0) is 21.6. The van der Waals surface area contributed by atoms with Gasteiger partial charge in [-0.3, -0.25) is 4.79 Å². The number of amides is 1. The van der Waals surface area contributed by atoms with Crippen molar-refractivity contribution in [1.29, 1.82) is 0 Å². The molecule has 0 unspecified atom stereocenters. The number of pyridine rings is 1. The summed E-state index contributed by atoms with van der Waals surface area (Å²) in [5.41, 5.74) is 1.20. The van der Waals surface area contributed by atoms with Gasteiger partial charge in [-0.15, -0.1) is 11.3 Å². The number of furan rings is 1. The van der Waals surface area contributed by atoms with Gasteiger partial charge in [0.25, 0.3) is 5.91 Å². The number of carbonyl (C=O) groups excluding carboxylic acids is 2. The van der Waals surface area contributed by atoms with Crippen LogP contribution in [0.4, 0.5) is 5.00 Å². The van der Waals surface area contributed by atoms with Gasteiger partial charge in [0.2, 0.25) is 5.88 Å². The van der Waals surface area contributed by atoms with Crippen LogP contribution in [-0.4, -0.2) is 23.5 Å². The van der Waals surface area contributed by atoms with Gasteiger partial charge >= 0.3 is 5.97 Å². The van der Waals surface area contributed by atoms with E-state index >= 15 is 0 Å². The topological polar surface area (TPSA) is 90.7 Å². The lowest BCUT2D eigenvalue weighted by Crippen LogP contribution is -2.14. The lowest BCUT2D eigenvalue weighted by molar-refractivity contribution is 0.0529. The van der Waals surface area contributed by atoms with Crippen molar-refractivity contribution >= 4 is 28.2 Å². The fraction of sp³-hybridized carbons (Fsp3) is 0.0870. The van der Waals surface area contributed by atoms with E-state index in [2.05, 4.69) is 10.3 Å². The third-order valence-corrected chi connectivity index (χ3v) is 5.14. The number of carbonyl (C=O) groups is 2. The van der Waals surface area contributed by atoms with E-state index in [1.54, 1.807) is 67.0 Å². The molecular weight excluding hydrogens is 416 g/mol. The summed E-state index contributed by atoms with van der Waals surface area (Å²) in [6, 6.07) is 15.5. The van der Waals surface area contributed by atoms with Gasteiger partial charge in [0.15, 0.2) is 0 Å². The molecule has 3 heterocycles. The molecule has 0 spiro atoms. The van der Waals surface area contributed by atoms with Gasteiger partial charge in [0.1, 0.15) is 22.1 Å². The first-order chi connectivity index (χ1) is 15.2. The maximum Gasteiger partial charge on any atom is 0.341 e. The average Bonchev–Trinajstić information content (AvgIpc) is 3.45. The van der Waals surface area contributed by atoms with Gasteiger partial charge in [-0.2, -0.15) is 0 Å². The lowest BCUT2D eigenvalue weighted by Gasteiger charge is -2.09. The first kappa shape index (κ1) is 20.4. The summed E-state index contributed by atoms with van der Waals surface area (Å²) in [6.07, 6.45) is 3.14. The molecule has 0 fully saturated rings. The minimum absolute atomic E-state index is 0.215. The standard InChI is InChI=1S/C23H18N2O5S/c1-2-28-23(27)20-17(18-9-6-12-29-18)14-31-22(20)25-21(26)15-7-5-8-16(13-15)30-19-10-3-4-11-24-19/h3-14H,2H2,1H3,(H,25,26). The maximum atomic E-state index is 12.9. The number of hydrogen-bond donors (Lipinski definition) is 1. The summed E-state index contributed by atoms with van der Waals surface area (Å²) in [7, 11) is 0. The summed E-state index contributed by atoms with van der Waals surface area (Å²) < 4.78 is 16.3. The largest absolute Gasteiger partial charge is 0.464 e. The number of ether oxygens (including phenoxy) is 2. The zero-order valence-corrected chi connectivity index (χ0v) is 17.3. The number of thiophene rings is 1. The number of anilines is 1. The normalized spacial score (nSPS) is 10.5. The van der Waals surface area contributed by atoms with Crippen LogP contribution in [0.15, 0.2) is 76.9 Å². The van der Waals surface area contributed by atoms with Crippen molar-refractivity contribution in [3.8, 4) is 23.0 Å². The van der Waals surface area contributed by atoms with E-state index in [1.165, 1.54) is 17.6 Å². The van der Waals surface area contributed by atoms with Gasteiger partial charge < -0.3 is 19.2 Å². The van der Waals surface area contributed by atoms with E-state index in [0.29, 0.717) is 33.5 Å². The van der Waals surface area contributed by atoms with E-state index in [1.807, 2.05) is 6.07 Å². The molecule has 0 aliphatic heterocycles. The number of nitrogens with one attached hydrogen (secondary N) is 1. The van der Waals surface area contributed by atoms with Gasteiger partial charge in [-0.25, -0.2) is 9.78 Å². The second-order valence-electron chi connectivity index (χ2n) is 6.30. The molecule has 3 aromatic heterocycles. The Hall–Kier alpha value is -3.91. The number of benzene rings is 1. The van der Waals surface area contributed by atoms with Gasteiger partial charge in [-0.1, -0.05) is 12.1 Å². The molecular formula is C23H18N2O5S. The van der Waals surface area contributed by atoms with Crippen molar-refractivity contribution in [3.63, 3.8) is 0 Å².